The van der Waals surface area contributed by atoms with Gasteiger partial charge in [-0.15, -0.1) is 4.73 Å². The predicted molar refractivity (Wildman–Crippen MR) is 114 cm³/mol. The van der Waals surface area contributed by atoms with Gasteiger partial charge in [-0.05, 0) is 32.0 Å². The fraction of sp³-hybridized carbons (Fsp3) is 0.409. The third kappa shape index (κ3) is 3.43. The van der Waals surface area contributed by atoms with Gasteiger partial charge in [0.15, 0.2) is 0 Å². The Hall–Kier alpha value is -3.47. The van der Waals surface area contributed by atoms with Crippen LogP contribution in [-0.4, -0.2) is 45.4 Å². The average molecular weight is 460 g/mol. The summed E-state index contributed by atoms with van der Waals surface area (Å²) in [6.45, 7) is 3.49. The first kappa shape index (κ1) is 21.4. The molecular formula is C22H22F2N4O5. The summed E-state index contributed by atoms with van der Waals surface area (Å²) in [6, 6.07) is 5.96. The van der Waals surface area contributed by atoms with Crippen LogP contribution in [0.3, 0.4) is 0 Å². The molecule has 2 aromatic heterocycles. The molecule has 33 heavy (non-hydrogen) atoms. The molecule has 3 aromatic rings. The van der Waals surface area contributed by atoms with Crippen molar-refractivity contribution in [3.05, 3.63) is 52.6 Å². The number of alkyl halides is 1. The second kappa shape index (κ2) is 7.55. The summed E-state index contributed by atoms with van der Waals surface area (Å²) in [7, 11) is 0. The van der Waals surface area contributed by atoms with Crippen LogP contribution >= 0.6 is 0 Å². The summed E-state index contributed by atoms with van der Waals surface area (Å²) in [4.78, 5) is 25.2. The van der Waals surface area contributed by atoms with Gasteiger partial charge in [0.25, 0.3) is 5.91 Å². The van der Waals surface area contributed by atoms with Crippen molar-refractivity contribution in [2.45, 2.75) is 43.9 Å². The van der Waals surface area contributed by atoms with Crippen molar-refractivity contribution >= 4 is 22.5 Å². The molecule has 4 heterocycles. The van der Waals surface area contributed by atoms with Gasteiger partial charge in [-0.2, -0.15) is 10.1 Å². The van der Waals surface area contributed by atoms with Gasteiger partial charge in [0.2, 0.25) is 0 Å². The maximum absolute atomic E-state index is 13.3. The third-order valence-electron chi connectivity index (χ3n) is 6.13. The lowest BCUT2D eigenvalue weighted by atomic mass is 9.69. The second-order valence-electron chi connectivity index (χ2n) is 8.91. The van der Waals surface area contributed by atoms with Crippen molar-refractivity contribution in [2.24, 2.45) is 0 Å². The van der Waals surface area contributed by atoms with Crippen LogP contribution < -0.4 is 20.7 Å². The highest BCUT2D eigenvalue weighted by Gasteiger charge is 2.64. The number of aromatic nitrogens is 3. The van der Waals surface area contributed by atoms with Crippen molar-refractivity contribution in [1.29, 1.82) is 0 Å². The first-order valence-corrected chi connectivity index (χ1v) is 10.5. The first-order chi connectivity index (χ1) is 15.8. The van der Waals surface area contributed by atoms with E-state index in [0.29, 0.717) is 35.1 Å². The molecule has 6 rings (SSSR count). The van der Waals surface area contributed by atoms with E-state index in [2.05, 4.69) is 15.5 Å². The Morgan fingerprint density at radius 1 is 1.36 bits per heavy atom. The van der Waals surface area contributed by atoms with Crippen LogP contribution in [0.1, 0.15) is 37.0 Å². The summed E-state index contributed by atoms with van der Waals surface area (Å²) in [5, 5.41) is 11.3. The quantitative estimate of drug-likeness (QED) is 0.583. The number of pyridine rings is 1. The van der Waals surface area contributed by atoms with Crippen LogP contribution in [0.5, 0.6) is 5.75 Å². The van der Waals surface area contributed by atoms with E-state index in [-0.39, 0.29) is 23.1 Å². The Kier molecular flexibility index (Phi) is 4.89. The summed E-state index contributed by atoms with van der Waals surface area (Å²) in [5.41, 5.74) is -1.34. The van der Waals surface area contributed by atoms with Crippen molar-refractivity contribution in [1.82, 2.24) is 14.5 Å². The standard InChI is InChI=1S/C22H22F2N4O5/c1-13(2)32-18-7-17-14(8-28(26-17)21-9-22(10-21,11-23)31-12-21)6-15(18)19(29)25-16-4-3-5-27(33-24)20(16)30/h3-8,13H,9-12H2,1-2H3,(H,25,29). The number of carbonyl (C=O) groups excluding carboxylic acids is 1. The lowest BCUT2D eigenvalue weighted by Gasteiger charge is -2.42. The minimum absolute atomic E-state index is 0.162. The van der Waals surface area contributed by atoms with Crippen LogP contribution in [0.4, 0.5) is 14.6 Å². The van der Waals surface area contributed by atoms with Crippen LogP contribution in [0.25, 0.3) is 10.9 Å². The number of nitrogens with zero attached hydrogens (tertiary/aromatic N) is 3. The molecule has 0 atom stereocenters. The van der Waals surface area contributed by atoms with E-state index in [9.17, 15) is 18.5 Å². The maximum Gasteiger partial charge on any atom is 0.309 e. The highest BCUT2D eigenvalue weighted by atomic mass is 19.3. The van der Waals surface area contributed by atoms with E-state index in [4.69, 9.17) is 9.47 Å². The third-order valence-corrected chi connectivity index (χ3v) is 6.13. The van der Waals surface area contributed by atoms with Gasteiger partial charge >= 0.3 is 5.56 Å². The zero-order chi connectivity index (χ0) is 23.4. The summed E-state index contributed by atoms with van der Waals surface area (Å²) in [6.07, 6.45) is 3.74. The molecule has 1 saturated carbocycles. The molecule has 0 spiro atoms. The Morgan fingerprint density at radius 2 is 2.15 bits per heavy atom. The molecule has 0 unspecified atom stereocenters. The van der Waals surface area contributed by atoms with E-state index >= 15 is 0 Å². The number of anilines is 1. The highest BCUT2D eigenvalue weighted by molar-refractivity contribution is 6.08. The van der Waals surface area contributed by atoms with E-state index in [1.54, 1.807) is 23.0 Å². The fourth-order valence-corrected chi connectivity index (χ4v) is 4.64. The highest BCUT2D eigenvalue weighted by Crippen LogP contribution is 2.56. The maximum atomic E-state index is 13.3. The van der Waals surface area contributed by atoms with E-state index in [1.807, 2.05) is 13.8 Å². The van der Waals surface area contributed by atoms with Crippen molar-refractivity contribution in [3.8, 4) is 5.75 Å². The molecule has 174 valence electrons. The predicted octanol–water partition coefficient (Wildman–Crippen LogP) is 2.78. The van der Waals surface area contributed by atoms with Crippen molar-refractivity contribution in [2.75, 3.05) is 18.6 Å². The van der Waals surface area contributed by atoms with E-state index in [0.717, 1.165) is 6.20 Å². The molecule has 1 aliphatic carbocycles. The Morgan fingerprint density at radius 3 is 2.82 bits per heavy atom. The van der Waals surface area contributed by atoms with E-state index in [1.165, 1.54) is 12.1 Å². The summed E-state index contributed by atoms with van der Waals surface area (Å²) < 4.78 is 39.5. The Labute approximate surface area is 186 Å². The molecule has 1 amide bonds. The number of hydrogen-bond donors (Lipinski definition) is 1. The molecule has 11 heteroatoms. The molecule has 2 saturated heterocycles. The van der Waals surface area contributed by atoms with Gasteiger partial charge in [0.05, 0.1) is 35.5 Å². The molecule has 3 aliphatic rings. The molecule has 2 aliphatic heterocycles. The number of rotatable bonds is 7. The smallest absolute Gasteiger partial charge is 0.309 e. The fourth-order valence-electron chi connectivity index (χ4n) is 4.64. The Balaban J connectivity index is 1.51. The number of halogens is 2. The van der Waals surface area contributed by atoms with E-state index < -0.39 is 29.3 Å². The van der Waals surface area contributed by atoms with Crippen LogP contribution in [-0.2, 0) is 10.3 Å². The topological polar surface area (TPSA) is 96.6 Å². The van der Waals surface area contributed by atoms with Gasteiger partial charge < -0.3 is 14.8 Å². The monoisotopic (exact) mass is 460 g/mol. The van der Waals surface area contributed by atoms with Crippen LogP contribution in [0.2, 0.25) is 0 Å². The van der Waals surface area contributed by atoms with Gasteiger partial charge in [-0.1, -0.05) is 0 Å². The number of amides is 1. The van der Waals surface area contributed by atoms with Gasteiger partial charge in [0, 0.05) is 35.0 Å². The number of benzene rings is 1. The number of nitrogens with one attached hydrogen (secondary N) is 1. The number of hydrogen-bond acceptors (Lipinski definition) is 6. The van der Waals surface area contributed by atoms with Gasteiger partial charge in [-0.3, -0.25) is 14.3 Å². The van der Waals surface area contributed by atoms with Gasteiger partial charge in [0.1, 0.15) is 23.7 Å². The molecule has 0 radical (unpaired) electrons. The lowest BCUT2D eigenvalue weighted by Crippen LogP contribution is -2.52. The van der Waals surface area contributed by atoms with Gasteiger partial charge in [-0.25, -0.2) is 4.39 Å². The number of fused-ring (bicyclic) bond motifs is 2. The molecular weight excluding hydrogens is 438 g/mol. The lowest BCUT2D eigenvalue weighted by molar-refractivity contribution is -0.141. The molecule has 1 aromatic carbocycles. The molecule has 3 fully saturated rings. The van der Waals surface area contributed by atoms with Crippen LogP contribution in [0, 0.1) is 0 Å². The summed E-state index contributed by atoms with van der Waals surface area (Å²) >= 11 is 0. The zero-order valence-electron chi connectivity index (χ0n) is 18.0. The number of ether oxygens (including phenoxy) is 2. The first-order valence-electron chi connectivity index (χ1n) is 10.5. The number of carbonyl (C=O) groups is 1. The average Bonchev–Trinajstić information content (AvgIpc) is 3.45. The van der Waals surface area contributed by atoms with Crippen LogP contribution in [0.15, 0.2) is 41.5 Å². The molecule has 9 nitrogen and oxygen atoms in total. The van der Waals surface area contributed by atoms with Crippen molar-refractivity contribution in [3.63, 3.8) is 0 Å². The Bertz CT molecular complexity index is 1300. The normalized spacial score (nSPS) is 23.5. The SMILES string of the molecule is CC(C)Oc1cc2nn(C34COC(CF)(C3)C4)cc2cc1C(=O)Nc1cccn(OF)c1=O. The summed E-state index contributed by atoms with van der Waals surface area (Å²) in [5.74, 6) is -0.332. The largest absolute Gasteiger partial charge is 0.490 e. The minimum atomic E-state index is -0.866. The zero-order valence-corrected chi connectivity index (χ0v) is 18.0. The second-order valence-corrected chi connectivity index (χ2v) is 8.91. The molecule has 2 bridgehead atoms. The molecule has 1 N–H and O–H groups in total. The minimum Gasteiger partial charge on any atom is -0.490 e. The van der Waals surface area contributed by atoms with Crippen molar-refractivity contribution < 1.29 is 28.2 Å².